The molecule has 0 bridgehead atoms. The molecule has 0 aromatic heterocycles. The average molecular weight is 333 g/mol. The quantitative estimate of drug-likeness (QED) is 0.416. The number of thiocarbonyl (C=S) groups is 1. The molecule has 1 unspecified atom stereocenters. The zero-order valence-corrected chi connectivity index (χ0v) is 13.6. The Labute approximate surface area is 131 Å². The molecule has 1 aliphatic heterocycles. The Morgan fingerprint density at radius 3 is 2.55 bits per heavy atom. The predicted octanol–water partition coefficient (Wildman–Crippen LogP) is 1.61. The summed E-state index contributed by atoms with van der Waals surface area (Å²) < 4.78 is 5.74. The van der Waals surface area contributed by atoms with Crippen molar-refractivity contribution in [2.24, 2.45) is 0 Å². The summed E-state index contributed by atoms with van der Waals surface area (Å²) in [6.45, 7) is 3.76. The minimum atomic E-state index is -0.402. The van der Waals surface area contributed by atoms with Crippen LogP contribution < -0.4 is 0 Å². The number of hydrogen-bond acceptors (Lipinski definition) is 7. The Morgan fingerprint density at radius 2 is 2.00 bits per heavy atom. The second-order valence-electron chi connectivity index (χ2n) is 3.77. The first kappa shape index (κ1) is 17.2. The summed E-state index contributed by atoms with van der Waals surface area (Å²) >= 11 is 7.87. The van der Waals surface area contributed by atoms with Gasteiger partial charge in [-0.05, 0) is 12.7 Å². The zero-order valence-electron chi connectivity index (χ0n) is 11.2. The molecule has 0 aromatic rings. The number of ether oxygens (including phenoxy) is 1. The molecule has 0 spiro atoms. The van der Waals surface area contributed by atoms with Gasteiger partial charge in [-0.1, -0.05) is 30.9 Å². The lowest BCUT2D eigenvalue weighted by Gasteiger charge is -2.15. The number of hydrogen-bond donors (Lipinski definition) is 0. The highest BCUT2D eigenvalue weighted by Crippen LogP contribution is 2.22. The molecule has 110 valence electrons. The normalized spacial score (nSPS) is 15.6. The zero-order chi connectivity index (χ0) is 15.1. The molecule has 0 radical (unpaired) electrons. The first-order valence-corrected chi connectivity index (χ1v) is 8.26. The number of esters is 1. The lowest BCUT2D eigenvalue weighted by molar-refractivity contribution is -0.146. The van der Waals surface area contributed by atoms with Crippen molar-refractivity contribution in [1.29, 1.82) is 0 Å². The van der Waals surface area contributed by atoms with E-state index >= 15 is 0 Å². The van der Waals surface area contributed by atoms with Crippen LogP contribution in [0.1, 0.15) is 13.8 Å². The Bertz CT molecular complexity index is 432. The molecule has 1 aliphatic rings. The van der Waals surface area contributed by atoms with Crippen molar-refractivity contribution < 1.29 is 19.1 Å². The fraction of sp³-hybridized carbons (Fsp3) is 0.500. The van der Waals surface area contributed by atoms with Gasteiger partial charge in [0.1, 0.15) is 15.4 Å². The van der Waals surface area contributed by atoms with Gasteiger partial charge >= 0.3 is 5.97 Å². The van der Waals surface area contributed by atoms with E-state index in [9.17, 15) is 14.4 Å². The molecular formula is C12H15NO4S3. The molecular weight excluding hydrogens is 318 g/mol. The lowest BCUT2D eigenvalue weighted by atomic mass is 10.5. The molecule has 0 saturated heterocycles. The number of amides is 2. The summed E-state index contributed by atoms with van der Waals surface area (Å²) in [5.74, 6) is -0.302. The van der Waals surface area contributed by atoms with Gasteiger partial charge in [-0.3, -0.25) is 19.3 Å². The number of imide groups is 1. The summed E-state index contributed by atoms with van der Waals surface area (Å²) in [6.07, 6.45) is 2.39. The molecule has 0 aliphatic carbocycles. The standard InChI is InChI=1S/C12H15NO4S3/c1-3-19-12(18)20-8(2)11(16)17-7-6-13-9(14)4-5-10(13)15/h4-5,8H,3,6-7H2,1-2H3. The molecule has 5 nitrogen and oxygen atoms in total. The van der Waals surface area contributed by atoms with E-state index in [0.29, 0.717) is 3.53 Å². The second-order valence-corrected chi connectivity index (χ2v) is 7.58. The highest BCUT2D eigenvalue weighted by atomic mass is 32.2. The molecule has 1 rings (SSSR count). The smallest absolute Gasteiger partial charge is 0.319 e. The number of thioether (sulfide) groups is 2. The molecule has 20 heavy (non-hydrogen) atoms. The number of rotatable bonds is 6. The maximum atomic E-state index is 11.7. The number of carbonyl (C=O) groups is 3. The van der Waals surface area contributed by atoms with Crippen LogP contribution in [0.3, 0.4) is 0 Å². The van der Waals surface area contributed by atoms with Crippen LogP contribution in [-0.4, -0.2) is 50.4 Å². The van der Waals surface area contributed by atoms with Crippen molar-refractivity contribution in [1.82, 2.24) is 4.90 Å². The summed E-state index contributed by atoms with van der Waals surface area (Å²) in [4.78, 5) is 35.3. The van der Waals surface area contributed by atoms with Crippen molar-refractivity contribution in [3.63, 3.8) is 0 Å². The van der Waals surface area contributed by atoms with Crippen LogP contribution in [0.2, 0.25) is 0 Å². The highest BCUT2D eigenvalue weighted by molar-refractivity contribution is 8.47. The van der Waals surface area contributed by atoms with Crippen LogP contribution in [0.25, 0.3) is 0 Å². The summed E-state index contributed by atoms with van der Waals surface area (Å²) in [6, 6.07) is 0. The fourth-order valence-corrected chi connectivity index (χ4v) is 3.88. The van der Waals surface area contributed by atoms with Gasteiger partial charge < -0.3 is 4.74 Å². The van der Waals surface area contributed by atoms with Crippen molar-refractivity contribution in [3.8, 4) is 0 Å². The average Bonchev–Trinajstić information content (AvgIpc) is 2.70. The van der Waals surface area contributed by atoms with Gasteiger partial charge in [-0.15, -0.1) is 11.8 Å². The molecule has 8 heteroatoms. The van der Waals surface area contributed by atoms with Crippen LogP contribution in [0, 0.1) is 0 Å². The molecule has 1 atom stereocenters. The van der Waals surface area contributed by atoms with Gasteiger partial charge in [0.05, 0.1) is 6.54 Å². The first-order chi connectivity index (χ1) is 9.45. The van der Waals surface area contributed by atoms with Gasteiger partial charge in [-0.25, -0.2) is 0 Å². The topological polar surface area (TPSA) is 63.7 Å². The van der Waals surface area contributed by atoms with E-state index in [1.165, 1.54) is 35.7 Å². The third kappa shape index (κ3) is 5.26. The lowest BCUT2D eigenvalue weighted by Crippen LogP contribution is -2.34. The van der Waals surface area contributed by atoms with E-state index in [1.807, 2.05) is 6.92 Å². The Hall–Kier alpha value is -0.860. The minimum Gasteiger partial charge on any atom is -0.463 e. The highest BCUT2D eigenvalue weighted by Gasteiger charge is 2.24. The fourth-order valence-electron chi connectivity index (χ4n) is 1.35. The number of carbonyl (C=O) groups excluding carboxylic acids is 3. The van der Waals surface area contributed by atoms with E-state index in [0.717, 1.165) is 10.7 Å². The van der Waals surface area contributed by atoms with Crippen LogP contribution in [0.5, 0.6) is 0 Å². The van der Waals surface area contributed by atoms with Crippen LogP contribution in [-0.2, 0) is 19.1 Å². The second kappa shape index (κ2) is 8.43. The molecule has 0 N–H and O–H groups in total. The Balaban J connectivity index is 2.27. The summed E-state index contributed by atoms with van der Waals surface area (Å²) in [5.41, 5.74) is 0. The molecule has 0 aromatic carbocycles. The number of nitrogens with zero attached hydrogens (tertiary/aromatic N) is 1. The van der Waals surface area contributed by atoms with Gasteiger partial charge in [0.15, 0.2) is 0 Å². The third-order valence-corrected chi connectivity index (χ3v) is 4.87. The summed E-state index contributed by atoms with van der Waals surface area (Å²) in [7, 11) is 0. The van der Waals surface area contributed by atoms with E-state index in [4.69, 9.17) is 17.0 Å². The van der Waals surface area contributed by atoms with Crippen molar-refractivity contribution >= 4 is 57.1 Å². The Morgan fingerprint density at radius 1 is 1.40 bits per heavy atom. The van der Waals surface area contributed by atoms with Crippen molar-refractivity contribution in [3.05, 3.63) is 12.2 Å². The largest absolute Gasteiger partial charge is 0.463 e. The van der Waals surface area contributed by atoms with E-state index < -0.39 is 11.2 Å². The van der Waals surface area contributed by atoms with E-state index in [-0.39, 0.29) is 25.0 Å². The van der Waals surface area contributed by atoms with Crippen LogP contribution in [0.15, 0.2) is 12.2 Å². The molecule has 0 saturated carbocycles. The van der Waals surface area contributed by atoms with E-state index in [1.54, 1.807) is 6.92 Å². The Kier molecular flexibility index (Phi) is 7.25. The maximum absolute atomic E-state index is 11.7. The van der Waals surface area contributed by atoms with E-state index in [2.05, 4.69) is 0 Å². The molecule has 0 fully saturated rings. The SMILES string of the molecule is CCSC(=S)SC(C)C(=O)OCCN1C(=O)C=CC1=O. The van der Waals surface area contributed by atoms with Gasteiger partial charge in [0.2, 0.25) is 0 Å². The molecule has 1 heterocycles. The summed E-state index contributed by atoms with van der Waals surface area (Å²) in [5, 5.41) is -0.398. The monoisotopic (exact) mass is 333 g/mol. The van der Waals surface area contributed by atoms with Gasteiger partial charge in [0.25, 0.3) is 11.8 Å². The molecule has 2 amide bonds. The van der Waals surface area contributed by atoms with Gasteiger partial charge in [-0.2, -0.15) is 0 Å². The third-order valence-electron chi connectivity index (χ3n) is 2.33. The van der Waals surface area contributed by atoms with Gasteiger partial charge in [0, 0.05) is 12.2 Å². The predicted molar refractivity (Wildman–Crippen MR) is 84.6 cm³/mol. The maximum Gasteiger partial charge on any atom is 0.319 e. The van der Waals surface area contributed by atoms with Crippen LogP contribution >= 0.6 is 35.7 Å². The minimum absolute atomic E-state index is 0.00340. The van der Waals surface area contributed by atoms with Crippen molar-refractivity contribution in [2.45, 2.75) is 19.1 Å². The van der Waals surface area contributed by atoms with Crippen LogP contribution in [0.4, 0.5) is 0 Å². The van der Waals surface area contributed by atoms with Crippen molar-refractivity contribution in [2.75, 3.05) is 18.9 Å². The first-order valence-electron chi connectivity index (χ1n) is 5.99.